The zero-order valence-corrected chi connectivity index (χ0v) is 12.1. The second kappa shape index (κ2) is 4.53. The number of nitrogens with zero attached hydrogens (tertiary/aromatic N) is 7. The Bertz CT molecular complexity index is 565. The van der Waals surface area contributed by atoms with E-state index in [1.807, 2.05) is 0 Å². The Kier molecular flexibility index (Phi) is 3.22. The lowest BCUT2D eigenvalue weighted by Crippen LogP contribution is -2.54. The number of rotatable bonds is 1. The highest BCUT2D eigenvalue weighted by molar-refractivity contribution is 7.80. The Morgan fingerprint density at radius 1 is 1.22 bits per heavy atom. The molecule has 0 bridgehead atoms. The lowest BCUT2D eigenvalue weighted by molar-refractivity contribution is -0.742. The molecule has 0 aliphatic carbocycles. The highest BCUT2D eigenvalue weighted by atomic mass is 32.1. The molecule has 96 valence electrons. The summed E-state index contributed by atoms with van der Waals surface area (Å²) in [5, 5.41) is 16.6. The van der Waals surface area contributed by atoms with E-state index >= 15 is 0 Å². The number of hydrazine groups is 1. The van der Waals surface area contributed by atoms with E-state index in [0.717, 1.165) is 0 Å². The molecular weight excluding hydrogens is 272 g/mol. The van der Waals surface area contributed by atoms with Crippen molar-refractivity contribution in [2.45, 2.75) is 0 Å². The van der Waals surface area contributed by atoms with Crippen LogP contribution in [0.4, 0.5) is 0 Å². The van der Waals surface area contributed by atoms with Gasteiger partial charge >= 0.3 is 4.77 Å². The maximum Gasteiger partial charge on any atom is 0.391 e. The number of nitrogens with one attached hydrogen (secondary N) is 1. The molecule has 2 rings (SSSR count). The molecule has 0 atom stereocenters. The van der Waals surface area contributed by atoms with Gasteiger partial charge in [-0.05, 0) is 12.2 Å². The normalized spacial score (nSPS) is 15.6. The highest BCUT2D eigenvalue weighted by Gasteiger charge is 2.23. The summed E-state index contributed by atoms with van der Waals surface area (Å²) in [7, 11) is 7.08. The van der Waals surface area contributed by atoms with Crippen LogP contribution in [0.15, 0.2) is 5.10 Å². The first-order valence-electron chi connectivity index (χ1n) is 5.09. The van der Waals surface area contributed by atoms with Crippen LogP contribution in [-0.2, 0) is 14.1 Å². The number of hydrazone groups is 1. The lowest BCUT2D eigenvalue weighted by atomic mass is 10.5. The summed E-state index contributed by atoms with van der Waals surface area (Å²) in [5.74, 6) is 0.949. The molecule has 0 fully saturated rings. The molecule has 1 aliphatic heterocycles. The molecule has 2 heterocycles. The molecule has 1 aromatic rings. The van der Waals surface area contributed by atoms with Crippen LogP contribution in [-0.4, -0.2) is 49.9 Å². The fourth-order valence-electron chi connectivity index (χ4n) is 1.43. The number of hydrogen-bond donors (Lipinski definition) is 1. The molecule has 0 saturated carbocycles. The molecule has 8 nitrogen and oxygen atoms in total. The van der Waals surface area contributed by atoms with Gasteiger partial charge in [0.15, 0.2) is 0 Å². The van der Waals surface area contributed by atoms with Gasteiger partial charge < -0.3 is 0 Å². The molecule has 0 spiro atoms. The van der Waals surface area contributed by atoms with Crippen LogP contribution in [0, 0.1) is 4.77 Å². The van der Waals surface area contributed by atoms with Crippen molar-refractivity contribution in [3.63, 3.8) is 0 Å². The van der Waals surface area contributed by atoms with Crippen LogP contribution < -0.4 is 10.1 Å². The Morgan fingerprint density at radius 3 is 2.44 bits per heavy atom. The van der Waals surface area contributed by atoms with Gasteiger partial charge in [0.1, 0.15) is 14.1 Å². The zero-order chi connectivity index (χ0) is 13.4. The summed E-state index contributed by atoms with van der Waals surface area (Å²) in [5.41, 5.74) is 3.00. The maximum absolute atomic E-state index is 5.14. The number of aryl methyl sites for hydroxylation is 2. The molecule has 0 amide bonds. The van der Waals surface area contributed by atoms with Crippen molar-refractivity contribution in [3.05, 3.63) is 10.6 Å². The SMILES string of the molecule is CN1N=C(c2nn(C)c(=S)[n+](C)n2)NN(C)C1=S. The van der Waals surface area contributed by atoms with Crippen molar-refractivity contribution in [3.8, 4) is 0 Å². The average Bonchev–Trinajstić information content (AvgIpc) is 2.31. The van der Waals surface area contributed by atoms with Crippen LogP contribution in [0.3, 0.4) is 0 Å². The second-order valence-electron chi connectivity index (χ2n) is 3.78. The van der Waals surface area contributed by atoms with Crippen molar-refractivity contribution >= 4 is 35.4 Å². The molecule has 0 saturated heterocycles. The van der Waals surface area contributed by atoms with Crippen molar-refractivity contribution in [1.29, 1.82) is 0 Å². The van der Waals surface area contributed by atoms with Crippen LogP contribution in [0.1, 0.15) is 5.82 Å². The van der Waals surface area contributed by atoms with Crippen molar-refractivity contribution in [2.75, 3.05) is 14.1 Å². The third kappa shape index (κ3) is 2.16. The second-order valence-corrected chi connectivity index (χ2v) is 4.51. The standard InChI is InChI=1S/C8H13N8S2/c1-13-7(17)14(2)10-5(9-13)6-11-15(3)8(18)16(4)12-6/h1-4H3,(H,9,10)/q+1. The highest BCUT2D eigenvalue weighted by Crippen LogP contribution is 2.02. The smallest absolute Gasteiger partial charge is 0.275 e. The fourth-order valence-corrected chi connectivity index (χ4v) is 1.60. The van der Waals surface area contributed by atoms with E-state index in [0.29, 0.717) is 21.5 Å². The summed E-state index contributed by atoms with van der Waals surface area (Å²) in [4.78, 5) is 0. The molecule has 0 aromatic carbocycles. The van der Waals surface area contributed by atoms with Gasteiger partial charge in [0.2, 0.25) is 10.9 Å². The monoisotopic (exact) mass is 285 g/mol. The Hall–Kier alpha value is -1.68. The predicted octanol–water partition coefficient (Wildman–Crippen LogP) is -1.30. The van der Waals surface area contributed by atoms with Gasteiger partial charge in [0, 0.05) is 26.3 Å². The van der Waals surface area contributed by atoms with Gasteiger partial charge in [-0.15, -0.1) is 14.5 Å². The number of aromatic nitrogens is 4. The number of thiocarbonyl (C=S) groups is 1. The van der Waals surface area contributed by atoms with E-state index < -0.39 is 0 Å². The van der Waals surface area contributed by atoms with E-state index in [-0.39, 0.29) is 0 Å². The van der Waals surface area contributed by atoms with Crippen molar-refractivity contribution < 1.29 is 4.68 Å². The van der Waals surface area contributed by atoms with E-state index in [1.165, 1.54) is 0 Å². The fraction of sp³-hybridized carbons (Fsp3) is 0.500. The topological polar surface area (TPSA) is 65.5 Å². The number of hydrogen-bond acceptors (Lipinski definition) is 6. The van der Waals surface area contributed by atoms with Gasteiger partial charge in [-0.25, -0.2) is 5.01 Å². The first-order chi connectivity index (χ1) is 8.40. The van der Waals surface area contributed by atoms with E-state index in [1.54, 1.807) is 47.6 Å². The summed E-state index contributed by atoms with van der Waals surface area (Å²) >= 11 is 10.3. The molecule has 1 aromatic heterocycles. The molecule has 18 heavy (non-hydrogen) atoms. The van der Waals surface area contributed by atoms with Gasteiger partial charge in [-0.1, -0.05) is 10.2 Å². The predicted molar refractivity (Wildman–Crippen MR) is 70.8 cm³/mol. The molecule has 1 aliphatic rings. The van der Waals surface area contributed by atoms with E-state index in [9.17, 15) is 0 Å². The largest absolute Gasteiger partial charge is 0.391 e. The minimum atomic E-state index is 0.440. The minimum Gasteiger partial charge on any atom is -0.275 e. The average molecular weight is 285 g/mol. The Balaban J connectivity index is 2.47. The molecular formula is C8H13N8S2+. The van der Waals surface area contributed by atoms with E-state index in [4.69, 9.17) is 24.4 Å². The molecule has 0 unspecified atom stereocenters. The van der Waals surface area contributed by atoms with Crippen LogP contribution in [0.5, 0.6) is 0 Å². The molecule has 1 N–H and O–H groups in total. The van der Waals surface area contributed by atoms with Crippen molar-refractivity contribution in [2.24, 2.45) is 19.2 Å². The minimum absolute atomic E-state index is 0.440. The lowest BCUT2D eigenvalue weighted by Gasteiger charge is -2.30. The van der Waals surface area contributed by atoms with Gasteiger partial charge in [-0.2, -0.15) is 0 Å². The first kappa shape index (κ1) is 12.8. The summed E-state index contributed by atoms with van der Waals surface area (Å²) in [6.07, 6.45) is 0. The molecule has 0 radical (unpaired) electrons. The van der Waals surface area contributed by atoms with Gasteiger partial charge in [-0.3, -0.25) is 10.4 Å². The number of amidine groups is 1. The first-order valence-corrected chi connectivity index (χ1v) is 5.90. The quantitative estimate of drug-likeness (QED) is 0.508. The van der Waals surface area contributed by atoms with E-state index in [2.05, 4.69) is 20.7 Å². The Morgan fingerprint density at radius 2 is 1.89 bits per heavy atom. The maximum atomic E-state index is 5.14. The third-order valence-corrected chi connectivity index (χ3v) is 3.41. The zero-order valence-electron chi connectivity index (χ0n) is 10.4. The summed E-state index contributed by atoms with van der Waals surface area (Å²) in [6.45, 7) is 0. The van der Waals surface area contributed by atoms with Gasteiger partial charge in [0.25, 0.3) is 5.82 Å². The van der Waals surface area contributed by atoms with Crippen LogP contribution in [0.2, 0.25) is 0 Å². The Labute approximate surface area is 114 Å². The molecule has 10 heteroatoms. The third-order valence-electron chi connectivity index (χ3n) is 2.34. The van der Waals surface area contributed by atoms with Crippen LogP contribution in [0.25, 0.3) is 0 Å². The van der Waals surface area contributed by atoms with Crippen molar-refractivity contribution in [1.82, 2.24) is 30.3 Å². The summed E-state index contributed by atoms with van der Waals surface area (Å²) < 4.78 is 3.65. The van der Waals surface area contributed by atoms with Crippen LogP contribution >= 0.6 is 24.4 Å². The summed E-state index contributed by atoms with van der Waals surface area (Å²) in [6, 6.07) is 0. The van der Waals surface area contributed by atoms with Gasteiger partial charge in [0.05, 0.1) is 0 Å².